The van der Waals surface area contributed by atoms with E-state index >= 15 is 0 Å². The molecule has 1 rings (SSSR count). The van der Waals surface area contributed by atoms with Crippen LogP contribution in [0.15, 0.2) is 16.6 Å². The summed E-state index contributed by atoms with van der Waals surface area (Å²) in [4.78, 5) is 0. The van der Waals surface area contributed by atoms with Crippen LogP contribution < -0.4 is 15.2 Å². The average molecular weight is 328 g/mol. The van der Waals surface area contributed by atoms with E-state index < -0.39 is 12.2 Å². The molecule has 1 aromatic rings. The molecule has 1 aromatic carbocycles. The topological polar surface area (TPSA) is 44.5 Å². The second-order valence-corrected chi connectivity index (χ2v) is 4.51. The fourth-order valence-electron chi connectivity index (χ4n) is 1.41. The third-order valence-corrected chi connectivity index (χ3v) is 3.15. The quantitative estimate of drug-likeness (QED) is 0.924. The predicted octanol–water partition coefficient (Wildman–Crippen LogP) is 2.90. The van der Waals surface area contributed by atoms with Crippen molar-refractivity contribution in [3.63, 3.8) is 0 Å². The number of rotatable bonds is 4. The lowest BCUT2D eigenvalue weighted by molar-refractivity contribution is -0.147. The Morgan fingerprint density at radius 2 is 1.72 bits per heavy atom. The SMILES string of the molecule is COc1cc(Br)c(CC(N)C(F)(F)F)cc1OC. The molecule has 7 heteroatoms. The maximum atomic E-state index is 12.4. The first-order chi connectivity index (χ1) is 8.29. The van der Waals surface area contributed by atoms with Crippen molar-refractivity contribution in [2.75, 3.05) is 14.2 Å². The lowest BCUT2D eigenvalue weighted by atomic mass is 10.1. The second-order valence-electron chi connectivity index (χ2n) is 3.65. The second kappa shape index (κ2) is 5.79. The number of halogens is 4. The predicted molar refractivity (Wildman–Crippen MR) is 65.0 cm³/mol. The Kier molecular flexibility index (Phi) is 4.86. The summed E-state index contributed by atoms with van der Waals surface area (Å²) in [5, 5.41) is 0. The van der Waals surface area contributed by atoms with Crippen molar-refractivity contribution in [2.45, 2.75) is 18.6 Å². The summed E-state index contributed by atoms with van der Waals surface area (Å²) in [6.07, 6.45) is -4.75. The van der Waals surface area contributed by atoms with Crippen LogP contribution in [0.4, 0.5) is 13.2 Å². The van der Waals surface area contributed by atoms with E-state index in [4.69, 9.17) is 15.2 Å². The molecule has 3 nitrogen and oxygen atoms in total. The summed E-state index contributed by atoms with van der Waals surface area (Å²) < 4.78 is 47.8. The molecule has 0 aliphatic rings. The maximum absolute atomic E-state index is 12.4. The normalized spacial score (nSPS) is 13.3. The molecule has 0 aromatic heterocycles. The highest BCUT2D eigenvalue weighted by molar-refractivity contribution is 9.10. The first-order valence-electron chi connectivity index (χ1n) is 5.02. The maximum Gasteiger partial charge on any atom is 0.403 e. The number of nitrogens with two attached hydrogens (primary N) is 1. The van der Waals surface area contributed by atoms with E-state index in [0.717, 1.165) is 0 Å². The van der Waals surface area contributed by atoms with E-state index in [0.29, 0.717) is 21.5 Å². The van der Waals surface area contributed by atoms with Gasteiger partial charge in [0.1, 0.15) is 6.04 Å². The molecule has 0 aliphatic heterocycles. The monoisotopic (exact) mass is 327 g/mol. The molecule has 0 amide bonds. The summed E-state index contributed by atoms with van der Waals surface area (Å²) in [6, 6.07) is 1.12. The Morgan fingerprint density at radius 1 is 1.22 bits per heavy atom. The van der Waals surface area contributed by atoms with Gasteiger partial charge in [-0.1, -0.05) is 15.9 Å². The molecular formula is C11H13BrF3NO2. The molecule has 0 radical (unpaired) electrons. The Bertz CT molecular complexity index is 423. The Morgan fingerprint density at radius 3 is 2.17 bits per heavy atom. The van der Waals surface area contributed by atoms with Crippen LogP contribution in [0.25, 0.3) is 0 Å². The van der Waals surface area contributed by atoms with Crippen LogP contribution in [0.1, 0.15) is 5.56 Å². The van der Waals surface area contributed by atoms with Crippen LogP contribution in [-0.4, -0.2) is 26.4 Å². The first-order valence-corrected chi connectivity index (χ1v) is 5.81. The number of hydrogen-bond donors (Lipinski definition) is 1. The van der Waals surface area contributed by atoms with Gasteiger partial charge in [0.2, 0.25) is 0 Å². The summed E-state index contributed by atoms with van der Waals surface area (Å²) in [7, 11) is 2.87. The van der Waals surface area contributed by atoms with Gasteiger partial charge in [0.05, 0.1) is 14.2 Å². The molecule has 0 heterocycles. The molecule has 0 saturated carbocycles. The summed E-state index contributed by atoms with van der Waals surface area (Å²) in [5.74, 6) is 0.804. The number of ether oxygens (including phenoxy) is 2. The molecular weight excluding hydrogens is 315 g/mol. The van der Waals surface area contributed by atoms with Crippen molar-refractivity contribution >= 4 is 15.9 Å². The third-order valence-electron chi connectivity index (χ3n) is 2.41. The molecule has 0 fully saturated rings. The highest BCUT2D eigenvalue weighted by Gasteiger charge is 2.37. The molecule has 0 spiro atoms. The van der Waals surface area contributed by atoms with Gasteiger partial charge in [-0.05, 0) is 24.1 Å². The van der Waals surface area contributed by atoms with Crippen LogP contribution in [-0.2, 0) is 6.42 Å². The van der Waals surface area contributed by atoms with Crippen molar-refractivity contribution in [1.29, 1.82) is 0 Å². The van der Waals surface area contributed by atoms with E-state index in [9.17, 15) is 13.2 Å². The van der Waals surface area contributed by atoms with Crippen molar-refractivity contribution in [3.8, 4) is 11.5 Å². The zero-order valence-corrected chi connectivity index (χ0v) is 11.4. The van der Waals surface area contributed by atoms with Gasteiger partial charge in [0.25, 0.3) is 0 Å². The Labute approximate surface area is 111 Å². The molecule has 0 saturated heterocycles. The van der Waals surface area contributed by atoms with E-state index in [1.165, 1.54) is 20.3 Å². The minimum absolute atomic E-state index is 0.329. The number of benzene rings is 1. The lowest BCUT2D eigenvalue weighted by Crippen LogP contribution is -2.39. The standard InChI is InChI=1S/C11H13BrF3NO2/c1-17-8-3-6(4-10(16)11(13,14)15)7(12)5-9(8)18-2/h3,5,10H,4,16H2,1-2H3. The van der Waals surface area contributed by atoms with Crippen LogP contribution in [0.2, 0.25) is 0 Å². The molecule has 0 bridgehead atoms. The average Bonchev–Trinajstić information content (AvgIpc) is 2.29. The minimum Gasteiger partial charge on any atom is -0.493 e. The Hall–Kier alpha value is -0.950. The largest absolute Gasteiger partial charge is 0.493 e. The molecule has 102 valence electrons. The lowest BCUT2D eigenvalue weighted by Gasteiger charge is -2.17. The third kappa shape index (κ3) is 3.52. The van der Waals surface area contributed by atoms with Gasteiger partial charge >= 0.3 is 6.18 Å². The van der Waals surface area contributed by atoms with Crippen LogP contribution in [0.3, 0.4) is 0 Å². The zero-order valence-electron chi connectivity index (χ0n) is 9.84. The zero-order chi connectivity index (χ0) is 13.9. The van der Waals surface area contributed by atoms with Gasteiger partial charge in [-0.15, -0.1) is 0 Å². The van der Waals surface area contributed by atoms with Crippen molar-refractivity contribution in [1.82, 2.24) is 0 Å². The summed E-state index contributed by atoms with van der Waals surface area (Å²) >= 11 is 3.19. The smallest absolute Gasteiger partial charge is 0.403 e. The number of hydrogen-bond acceptors (Lipinski definition) is 3. The molecule has 0 aliphatic carbocycles. The highest BCUT2D eigenvalue weighted by Crippen LogP contribution is 2.34. The van der Waals surface area contributed by atoms with Gasteiger partial charge in [0, 0.05) is 4.47 Å². The van der Waals surface area contributed by atoms with Gasteiger partial charge in [0.15, 0.2) is 11.5 Å². The van der Waals surface area contributed by atoms with Crippen molar-refractivity contribution in [2.24, 2.45) is 5.73 Å². The van der Waals surface area contributed by atoms with Gasteiger partial charge in [-0.3, -0.25) is 0 Å². The van der Waals surface area contributed by atoms with Crippen LogP contribution in [0.5, 0.6) is 11.5 Å². The molecule has 18 heavy (non-hydrogen) atoms. The van der Waals surface area contributed by atoms with Crippen LogP contribution >= 0.6 is 15.9 Å². The first kappa shape index (κ1) is 15.1. The van der Waals surface area contributed by atoms with Crippen LogP contribution in [0, 0.1) is 0 Å². The minimum atomic E-state index is -4.42. The van der Waals surface area contributed by atoms with Gasteiger partial charge in [-0.25, -0.2) is 0 Å². The molecule has 1 unspecified atom stereocenters. The van der Waals surface area contributed by atoms with Crippen molar-refractivity contribution in [3.05, 3.63) is 22.2 Å². The number of alkyl halides is 3. The Balaban J connectivity index is 3.03. The van der Waals surface area contributed by atoms with Crippen molar-refractivity contribution < 1.29 is 22.6 Å². The summed E-state index contributed by atoms with van der Waals surface area (Å²) in [6.45, 7) is 0. The van der Waals surface area contributed by atoms with E-state index in [1.54, 1.807) is 6.07 Å². The number of methoxy groups -OCH3 is 2. The highest BCUT2D eigenvalue weighted by atomic mass is 79.9. The molecule has 2 N–H and O–H groups in total. The van der Waals surface area contributed by atoms with E-state index in [2.05, 4.69) is 15.9 Å². The van der Waals surface area contributed by atoms with Gasteiger partial charge < -0.3 is 15.2 Å². The fourth-order valence-corrected chi connectivity index (χ4v) is 1.89. The van der Waals surface area contributed by atoms with E-state index in [-0.39, 0.29) is 6.42 Å². The fraction of sp³-hybridized carbons (Fsp3) is 0.455. The van der Waals surface area contributed by atoms with E-state index in [1.807, 2.05) is 0 Å². The molecule has 1 atom stereocenters. The summed E-state index contributed by atoms with van der Waals surface area (Å²) in [5.41, 5.74) is 5.51. The van der Waals surface area contributed by atoms with Gasteiger partial charge in [-0.2, -0.15) is 13.2 Å².